The van der Waals surface area contributed by atoms with Crippen molar-refractivity contribution in [1.82, 2.24) is 0 Å². The molecule has 0 unspecified atom stereocenters. The largest absolute Gasteiger partial charge is 1.00 e. The monoisotopic (exact) mass is 1880 g/mol. The first-order valence-electron chi connectivity index (χ1n) is 35.3. The molecular weight excluding hydrogens is 1800 g/mol. The fourth-order valence-electron chi connectivity index (χ4n) is 10.8. The van der Waals surface area contributed by atoms with E-state index in [2.05, 4.69) is 390 Å². The van der Waals surface area contributed by atoms with E-state index in [4.69, 9.17) is 27.7 Å². The van der Waals surface area contributed by atoms with Crippen LogP contribution < -0.4 is 63.7 Å². The summed E-state index contributed by atoms with van der Waals surface area (Å²) in [4.78, 5) is 0. The van der Waals surface area contributed by atoms with Gasteiger partial charge in [-0.05, 0) is 95.3 Å². The maximum absolute atomic E-state index is 6.69. The van der Waals surface area contributed by atoms with Crippen LogP contribution in [0.3, 0.4) is 0 Å². The Labute approximate surface area is 738 Å². The molecule has 0 aromatic heterocycles. The van der Waals surface area contributed by atoms with Crippen LogP contribution in [0.2, 0.25) is 0 Å². The van der Waals surface area contributed by atoms with Gasteiger partial charge in [-0.2, -0.15) is 0 Å². The molecule has 0 nitrogen and oxygen atoms in total. The van der Waals surface area contributed by atoms with Crippen LogP contribution in [0.4, 0.5) is 0 Å². The zero-order chi connectivity index (χ0) is 74.9. The predicted octanol–water partition coefficient (Wildman–Crippen LogP) is 20.6. The molecule has 0 spiro atoms. The maximum atomic E-state index is 6.69. The zero-order valence-corrected chi connectivity index (χ0v) is 70.7. The molecule has 112 heavy (non-hydrogen) atoms. The number of hydrogen-bond donors (Lipinski definition) is 0. The van der Waals surface area contributed by atoms with Crippen LogP contribution >= 0.6 is 31.7 Å². The summed E-state index contributed by atoms with van der Waals surface area (Å²) in [5, 5.41) is 16.8. The number of hydrogen-bond acceptors (Lipinski definition) is 0. The SMILES string of the molecule is [Ag+].[Ag+].[Ag+].[Ag+].[C-][C]c1ccccc1.[C-][C]c1ccccc1.[C-][C]c1ccccc1.[C-][C]c1ccccc1.c1ccc(P(c2ccccc2)c2ccccc2)cc1.c1ccc(P(c2ccccc2)c2ccccc2)cc1.c1ccc(P(c2ccccc2)c2ccccc2)cc1.c1ccc(P(c2ccccc2)c2ccccc2)cc1. The van der Waals surface area contributed by atoms with Gasteiger partial charge >= 0.3 is 89.5 Å². The second kappa shape index (κ2) is 58.1. The van der Waals surface area contributed by atoms with Crippen molar-refractivity contribution in [1.29, 1.82) is 0 Å². The van der Waals surface area contributed by atoms with E-state index < -0.39 is 31.7 Å². The van der Waals surface area contributed by atoms with Gasteiger partial charge < -0.3 is 27.7 Å². The third kappa shape index (κ3) is 33.7. The van der Waals surface area contributed by atoms with Crippen LogP contribution in [0.25, 0.3) is 0 Å². The average molecular weight is 1890 g/mol. The van der Waals surface area contributed by atoms with Gasteiger partial charge in [0.25, 0.3) is 0 Å². The van der Waals surface area contributed by atoms with Crippen LogP contribution in [0.1, 0.15) is 22.3 Å². The molecule has 0 heterocycles. The molecule has 0 aliphatic carbocycles. The minimum Gasteiger partial charge on any atom is -0.697 e. The maximum Gasteiger partial charge on any atom is 1.00 e. The molecule has 16 radical (unpaired) electrons. The van der Waals surface area contributed by atoms with Crippen LogP contribution in [-0.2, 0) is 89.5 Å². The summed E-state index contributed by atoms with van der Waals surface area (Å²) < 4.78 is 0. The smallest absolute Gasteiger partial charge is 0.697 e. The molecule has 0 fully saturated rings. The first-order valence-corrected chi connectivity index (χ1v) is 40.6. The molecular formula is C104H80Ag4P4. The van der Waals surface area contributed by atoms with Gasteiger partial charge in [0, 0.05) is 0 Å². The Morgan fingerprint density at radius 2 is 0.188 bits per heavy atom. The normalized spacial score (nSPS) is 9.79. The minimum atomic E-state index is -0.446. The second-order valence-electron chi connectivity index (χ2n) is 23.3. The topological polar surface area (TPSA) is 0 Å². The van der Waals surface area contributed by atoms with Gasteiger partial charge in [-0.3, -0.25) is 0 Å². The molecule has 8 heteroatoms. The van der Waals surface area contributed by atoms with Crippen LogP contribution in [0.15, 0.2) is 485 Å². The summed E-state index contributed by atoms with van der Waals surface area (Å²) >= 11 is 0. The summed E-state index contributed by atoms with van der Waals surface area (Å²) in [7, 11) is -1.78. The van der Waals surface area contributed by atoms with E-state index in [9.17, 15) is 0 Å². The van der Waals surface area contributed by atoms with Gasteiger partial charge in [-0.15, -0.1) is 0 Å². The number of rotatable bonds is 16. The average Bonchev–Trinajstić information content (AvgIpc) is 0.839. The second-order valence-corrected chi connectivity index (χ2v) is 32.2. The first-order chi connectivity index (χ1) is 53.5. The molecule has 0 N–H and O–H groups in total. The molecule has 0 saturated carbocycles. The zero-order valence-electron chi connectivity index (χ0n) is 61.2. The van der Waals surface area contributed by atoms with Crippen molar-refractivity contribution >= 4 is 95.3 Å². The molecule has 0 saturated heterocycles. The third-order valence-corrected chi connectivity index (χ3v) is 25.6. The molecule has 16 rings (SSSR count). The Hall–Kier alpha value is -7.80. The molecule has 16 aromatic rings. The third-order valence-electron chi connectivity index (χ3n) is 15.8. The van der Waals surface area contributed by atoms with E-state index in [1.165, 1.54) is 63.7 Å². The predicted molar refractivity (Wildman–Crippen MR) is 469 cm³/mol. The molecule has 0 atom stereocenters. The van der Waals surface area contributed by atoms with Crippen molar-refractivity contribution in [2.75, 3.05) is 0 Å². The Kier molecular flexibility index (Phi) is 49.2. The van der Waals surface area contributed by atoms with E-state index in [1.54, 1.807) is 0 Å². The molecule has 0 bridgehead atoms. The Morgan fingerprint density at radius 3 is 0.250 bits per heavy atom. The number of benzene rings is 16. The minimum absolute atomic E-state index is 0. The Bertz CT molecular complexity index is 3830. The van der Waals surface area contributed by atoms with E-state index in [-0.39, 0.29) is 89.5 Å². The van der Waals surface area contributed by atoms with Crippen LogP contribution in [0, 0.1) is 53.4 Å². The summed E-state index contributed by atoms with van der Waals surface area (Å²) in [5.74, 6) is 0. The standard InChI is InChI=1S/4C18H15P.4C8H5.4Ag/c4*1-4-10-16(11-5-1)19(17-12-6-2-7-13-17)18-14-8-3-9-15-18;4*1-2-8-6-4-3-5-7-8;;;;/h4*1-15H;4*3-7H;;;;/q;;;;4*-1;4*+1. The van der Waals surface area contributed by atoms with E-state index in [1.807, 2.05) is 121 Å². The Morgan fingerprint density at radius 1 is 0.116 bits per heavy atom. The van der Waals surface area contributed by atoms with Crippen molar-refractivity contribution in [2.24, 2.45) is 0 Å². The van der Waals surface area contributed by atoms with Gasteiger partial charge in [0.15, 0.2) is 0 Å². The van der Waals surface area contributed by atoms with Crippen molar-refractivity contribution in [3.05, 3.63) is 561 Å². The van der Waals surface area contributed by atoms with Gasteiger partial charge in [-0.1, -0.05) is 508 Å². The quantitative estimate of drug-likeness (QED) is 0.0514. The summed E-state index contributed by atoms with van der Waals surface area (Å²) in [6.07, 6.45) is 9.11. The van der Waals surface area contributed by atoms with Gasteiger partial charge in [0.1, 0.15) is 0 Å². The summed E-state index contributed by atoms with van der Waals surface area (Å²) in [6, 6.07) is 167. The van der Waals surface area contributed by atoms with Crippen LogP contribution in [-0.4, -0.2) is 0 Å². The van der Waals surface area contributed by atoms with Gasteiger partial charge in [0.05, 0.1) is 0 Å². The van der Waals surface area contributed by atoms with E-state index in [0.717, 1.165) is 22.3 Å². The molecule has 0 amide bonds. The van der Waals surface area contributed by atoms with Gasteiger partial charge in [-0.25, -0.2) is 25.7 Å². The van der Waals surface area contributed by atoms with E-state index in [0.29, 0.717) is 0 Å². The molecule has 0 aliphatic heterocycles. The Balaban J connectivity index is 0.000000234. The van der Waals surface area contributed by atoms with Crippen molar-refractivity contribution in [2.45, 2.75) is 0 Å². The first kappa shape index (κ1) is 94.8. The van der Waals surface area contributed by atoms with Gasteiger partial charge in [0.2, 0.25) is 0 Å². The van der Waals surface area contributed by atoms with Crippen molar-refractivity contribution in [3.8, 4) is 0 Å². The molecule has 560 valence electrons. The molecule has 0 aliphatic rings. The summed E-state index contributed by atoms with van der Waals surface area (Å²) in [5.41, 5.74) is 3.31. The van der Waals surface area contributed by atoms with Crippen molar-refractivity contribution in [3.63, 3.8) is 0 Å². The molecule has 16 aromatic carbocycles. The fourth-order valence-corrected chi connectivity index (χ4v) is 20.0. The van der Waals surface area contributed by atoms with E-state index >= 15 is 0 Å². The fraction of sp³-hybridized carbons (Fsp3) is 0. The summed E-state index contributed by atoms with van der Waals surface area (Å²) in [6.45, 7) is 26.8. The van der Waals surface area contributed by atoms with Crippen molar-refractivity contribution < 1.29 is 89.5 Å². The van der Waals surface area contributed by atoms with Crippen LogP contribution in [0.5, 0.6) is 0 Å².